The van der Waals surface area contributed by atoms with Crippen LogP contribution in [0.25, 0.3) is 5.82 Å². The summed E-state index contributed by atoms with van der Waals surface area (Å²) in [5.41, 5.74) is 2.88. The van der Waals surface area contributed by atoms with E-state index in [2.05, 4.69) is 15.4 Å². The van der Waals surface area contributed by atoms with E-state index in [1.54, 1.807) is 18.3 Å². The van der Waals surface area contributed by atoms with Crippen LogP contribution in [0.15, 0.2) is 58.4 Å². The summed E-state index contributed by atoms with van der Waals surface area (Å²) in [5, 5.41) is 6.74. The Labute approximate surface area is 169 Å². The maximum absolute atomic E-state index is 12.8. The van der Waals surface area contributed by atoms with Gasteiger partial charge >= 0.3 is 0 Å². The number of hydrogen-bond donors (Lipinski definition) is 2. The molecule has 3 aromatic rings. The number of nitrogens with one attached hydrogen (secondary N) is 2. The van der Waals surface area contributed by atoms with E-state index in [1.807, 2.05) is 30.3 Å². The maximum atomic E-state index is 12.8. The van der Waals surface area contributed by atoms with Crippen LogP contribution in [0.1, 0.15) is 23.2 Å². The molecule has 1 unspecified atom stereocenters. The third-order valence-corrected chi connectivity index (χ3v) is 6.47. The smallest absolute Gasteiger partial charge is 0.276 e. The Morgan fingerprint density at radius 1 is 1.21 bits per heavy atom. The predicted octanol–water partition coefficient (Wildman–Crippen LogP) is 1.65. The number of pyridine rings is 1. The highest BCUT2D eigenvalue weighted by Crippen LogP contribution is 2.18. The number of sulfone groups is 1. The normalized spacial score (nSPS) is 16.5. The molecule has 8 heteroatoms. The molecule has 0 bridgehead atoms. The van der Waals surface area contributed by atoms with Crippen molar-refractivity contribution in [2.75, 3.05) is 12.8 Å². The summed E-state index contributed by atoms with van der Waals surface area (Å²) < 4.78 is 24.6. The standard InChI is InChI=1S/C21H24N4O3S/c1-29(27,28)17-8-5-15(6-9-17)11-13-22-16-7-10-19-18(14-16)21(26)25(24-19)20-4-2-3-12-23-20/h2-6,8-9,12,16,22,24H,7,10-11,13-14H2,1H3. The van der Waals surface area contributed by atoms with Crippen molar-refractivity contribution in [1.82, 2.24) is 20.1 Å². The van der Waals surface area contributed by atoms with Gasteiger partial charge in [-0.1, -0.05) is 18.2 Å². The molecule has 2 N–H and O–H groups in total. The fourth-order valence-electron chi connectivity index (χ4n) is 3.75. The van der Waals surface area contributed by atoms with Crippen molar-refractivity contribution >= 4 is 9.84 Å². The van der Waals surface area contributed by atoms with Crippen LogP contribution in [0, 0.1) is 0 Å². The number of aryl methyl sites for hydroxylation is 1. The van der Waals surface area contributed by atoms with Crippen LogP contribution in [0.3, 0.4) is 0 Å². The lowest BCUT2D eigenvalue weighted by atomic mass is 9.93. The van der Waals surface area contributed by atoms with Crippen molar-refractivity contribution in [1.29, 1.82) is 0 Å². The third kappa shape index (κ3) is 4.33. The highest BCUT2D eigenvalue weighted by Gasteiger charge is 2.24. The van der Waals surface area contributed by atoms with Gasteiger partial charge in [0, 0.05) is 29.8 Å². The van der Waals surface area contributed by atoms with Gasteiger partial charge < -0.3 is 5.32 Å². The van der Waals surface area contributed by atoms with Crippen LogP contribution in [-0.4, -0.2) is 42.0 Å². The first-order chi connectivity index (χ1) is 13.9. The largest absolute Gasteiger partial charge is 0.313 e. The quantitative estimate of drug-likeness (QED) is 0.642. The lowest BCUT2D eigenvalue weighted by Crippen LogP contribution is -2.37. The molecule has 1 atom stereocenters. The number of hydrogen-bond acceptors (Lipinski definition) is 5. The molecule has 29 heavy (non-hydrogen) atoms. The maximum Gasteiger partial charge on any atom is 0.276 e. The van der Waals surface area contributed by atoms with Gasteiger partial charge in [0.15, 0.2) is 15.7 Å². The zero-order chi connectivity index (χ0) is 20.4. The van der Waals surface area contributed by atoms with Gasteiger partial charge in [-0.15, -0.1) is 0 Å². The highest BCUT2D eigenvalue weighted by atomic mass is 32.2. The second-order valence-corrected chi connectivity index (χ2v) is 9.47. The van der Waals surface area contributed by atoms with Gasteiger partial charge in [-0.3, -0.25) is 9.89 Å². The average molecular weight is 413 g/mol. The Bertz CT molecular complexity index is 1150. The van der Waals surface area contributed by atoms with Gasteiger partial charge in [-0.25, -0.2) is 18.1 Å². The molecule has 4 rings (SSSR count). The van der Waals surface area contributed by atoms with Crippen LogP contribution in [0.5, 0.6) is 0 Å². The number of rotatable bonds is 6. The Morgan fingerprint density at radius 3 is 2.69 bits per heavy atom. The van der Waals surface area contributed by atoms with E-state index in [9.17, 15) is 13.2 Å². The Morgan fingerprint density at radius 2 is 2.00 bits per heavy atom. The van der Waals surface area contributed by atoms with Crippen LogP contribution in [0.2, 0.25) is 0 Å². The zero-order valence-electron chi connectivity index (χ0n) is 16.3. The minimum absolute atomic E-state index is 0.0263. The minimum Gasteiger partial charge on any atom is -0.313 e. The molecule has 2 aromatic heterocycles. The highest BCUT2D eigenvalue weighted by molar-refractivity contribution is 7.90. The van der Waals surface area contributed by atoms with Crippen molar-refractivity contribution in [3.8, 4) is 5.82 Å². The third-order valence-electron chi connectivity index (χ3n) is 5.34. The van der Waals surface area contributed by atoms with E-state index in [-0.39, 0.29) is 11.6 Å². The molecule has 0 saturated carbocycles. The van der Waals surface area contributed by atoms with Gasteiger partial charge in [-0.2, -0.15) is 0 Å². The number of H-pyrrole nitrogens is 1. The van der Waals surface area contributed by atoms with Crippen molar-refractivity contribution in [3.05, 3.63) is 75.8 Å². The summed E-state index contributed by atoms with van der Waals surface area (Å²) in [4.78, 5) is 17.4. The van der Waals surface area contributed by atoms with Crippen LogP contribution in [-0.2, 0) is 29.1 Å². The topological polar surface area (TPSA) is 96.8 Å². The first kappa shape index (κ1) is 19.6. The van der Waals surface area contributed by atoms with Crippen LogP contribution in [0.4, 0.5) is 0 Å². The summed E-state index contributed by atoms with van der Waals surface area (Å²) in [5.74, 6) is 0.606. The van der Waals surface area contributed by atoms with Gasteiger partial charge in [0.25, 0.3) is 5.56 Å². The lowest BCUT2D eigenvalue weighted by Gasteiger charge is -2.22. The summed E-state index contributed by atoms with van der Waals surface area (Å²) in [7, 11) is -3.16. The summed E-state index contributed by atoms with van der Waals surface area (Å²) in [6, 6.07) is 12.8. The predicted molar refractivity (Wildman–Crippen MR) is 111 cm³/mol. The molecular weight excluding hydrogens is 388 g/mol. The SMILES string of the molecule is CS(=O)(=O)c1ccc(CCNC2CCc3[nH]n(-c4ccccn4)c(=O)c3C2)cc1. The van der Waals surface area contributed by atoms with Gasteiger partial charge in [0.2, 0.25) is 0 Å². The Hall–Kier alpha value is -2.71. The van der Waals surface area contributed by atoms with E-state index >= 15 is 0 Å². The number of fused-ring (bicyclic) bond motifs is 1. The molecule has 0 saturated heterocycles. The van der Waals surface area contributed by atoms with Crippen molar-refractivity contribution in [2.45, 2.75) is 36.6 Å². The monoisotopic (exact) mass is 412 g/mol. The molecule has 2 heterocycles. The summed E-state index contributed by atoms with van der Waals surface area (Å²) in [6.07, 6.45) is 6.17. The number of benzene rings is 1. The van der Waals surface area contributed by atoms with Gasteiger partial charge in [0.1, 0.15) is 0 Å². The zero-order valence-corrected chi connectivity index (χ0v) is 17.1. The lowest BCUT2D eigenvalue weighted by molar-refractivity contribution is 0.458. The molecule has 1 aromatic carbocycles. The van der Waals surface area contributed by atoms with E-state index in [1.165, 1.54) is 10.9 Å². The summed E-state index contributed by atoms with van der Waals surface area (Å²) in [6.45, 7) is 0.775. The molecule has 0 amide bonds. The second-order valence-electron chi connectivity index (χ2n) is 7.46. The Kier molecular flexibility index (Phi) is 5.38. The molecule has 0 spiro atoms. The fourth-order valence-corrected chi connectivity index (χ4v) is 4.38. The molecule has 7 nitrogen and oxygen atoms in total. The van der Waals surface area contributed by atoms with E-state index < -0.39 is 9.84 Å². The molecular formula is C21H24N4O3S. The van der Waals surface area contributed by atoms with Crippen molar-refractivity contribution in [2.24, 2.45) is 0 Å². The first-order valence-corrected chi connectivity index (χ1v) is 11.6. The van der Waals surface area contributed by atoms with Gasteiger partial charge in [0.05, 0.1) is 4.90 Å². The van der Waals surface area contributed by atoms with Crippen LogP contribution >= 0.6 is 0 Å². The van der Waals surface area contributed by atoms with E-state index in [4.69, 9.17) is 0 Å². The molecule has 1 aliphatic rings. The molecule has 0 fully saturated rings. The number of aromatic amines is 1. The molecule has 1 aliphatic carbocycles. The minimum atomic E-state index is -3.16. The Balaban J connectivity index is 1.37. The molecule has 0 radical (unpaired) electrons. The second kappa shape index (κ2) is 7.96. The molecule has 152 valence electrons. The average Bonchev–Trinajstić information content (AvgIpc) is 3.05. The van der Waals surface area contributed by atoms with E-state index in [0.717, 1.165) is 42.6 Å². The number of nitrogens with zero attached hydrogens (tertiary/aromatic N) is 2. The first-order valence-electron chi connectivity index (χ1n) is 9.68. The summed E-state index contributed by atoms with van der Waals surface area (Å²) >= 11 is 0. The van der Waals surface area contributed by atoms with Crippen LogP contribution < -0.4 is 10.9 Å². The van der Waals surface area contributed by atoms with Crippen molar-refractivity contribution in [3.63, 3.8) is 0 Å². The molecule has 0 aliphatic heterocycles. The van der Waals surface area contributed by atoms with E-state index in [0.29, 0.717) is 17.1 Å². The number of aromatic nitrogens is 3. The fraction of sp³-hybridized carbons (Fsp3) is 0.333. The van der Waals surface area contributed by atoms with Gasteiger partial charge in [-0.05, 0) is 62.1 Å². The van der Waals surface area contributed by atoms with Crippen molar-refractivity contribution < 1.29 is 8.42 Å².